The third-order valence-corrected chi connectivity index (χ3v) is 8.55. The van der Waals surface area contributed by atoms with Gasteiger partial charge < -0.3 is 4.90 Å². The number of nitrogens with zero attached hydrogens (tertiary/aromatic N) is 3. The lowest BCUT2D eigenvalue weighted by molar-refractivity contribution is 0.0628. The molecule has 0 radical (unpaired) electrons. The van der Waals surface area contributed by atoms with E-state index in [2.05, 4.69) is 4.90 Å². The minimum atomic E-state index is -3.74. The van der Waals surface area contributed by atoms with E-state index >= 15 is 0 Å². The fourth-order valence-corrected chi connectivity index (χ4v) is 6.29. The predicted octanol–water partition coefficient (Wildman–Crippen LogP) is 4.05. The quantitative estimate of drug-likeness (QED) is 0.536. The number of halogens is 1. The smallest absolute Gasteiger partial charge is 0.264 e. The summed E-state index contributed by atoms with van der Waals surface area (Å²) in [5.41, 5.74) is 3.33. The molecule has 0 atom stereocenters. The van der Waals surface area contributed by atoms with Gasteiger partial charge in [-0.15, -0.1) is 0 Å². The van der Waals surface area contributed by atoms with Crippen LogP contribution in [0.25, 0.3) is 0 Å². The van der Waals surface area contributed by atoms with Crippen molar-refractivity contribution in [1.29, 1.82) is 0 Å². The van der Waals surface area contributed by atoms with Crippen molar-refractivity contribution in [2.24, 2.45) is 0 Å². The van der Waals surface area contributed by atoms with E-state index in [1.54, 1.807) is 23.1 Å². The second-order valence-electron chi connectivity index (χ2n) is 8.68. The summed E-state index contributed by atoms with van der Waals surface area (Å²) in [5, 5.41) is 0.720. The van der Waals surface area contributed by atoms with Crippen molar-refractivity contribution in [2.75, 3.05) is 37.0 Å². The number of para-hydroxylation sites is 1. The van der Waals surface area contributed by atoms with E-state index < -0.39 is 10.0 Å². The van der Waals surface area contributed by atoms with Crippen LogP contribution in [0, 0.1) is 0 Å². The normalized spacial score (nSPS) is 16.5. The molecule has 3 aromatic carbocycles. The number of benzene rings is 3. The summed E-state index contributed by atoms with van der Waals surface area (Å²) in [6.45, 7) is 3.94. The Balaban J connectivity index is 1.27. The van der Waals surface area contributed by atoms with Crippen LogP contribution < -0.4 is 4.31 Å². The highest BCUT2D eigenvalue weighted by Crippen LogP contribution is 2.32. The topological polar surface area (TPSA) is 60.9 Å². The van der Waals surface area contributed by atoms with Crippen LogP contribution in [0.2, 0.25) is 5.02 Å². The van der Waals surface area contributed by atoms with Crippen LogP contribution >= 0.6 is 11.6 Å². The number of carbonyl (C=O) groups excluding carboxylic acids is 1. The number of amides is 1. The number of fused-ring (bicyclic) bond motifs is 1. The van der Waals surface area contributed by atoms with Gasteiger partial charge in [0.25, 0.3) is 15.9 Å². The maximum absolute atomic E-state index is 13.4. The van der Waals surface area contributed by atoms with Crippen LogP contribution in [-0.2, 0) is 23.0 Å². The van der Waals surface area contributed by atoms with Crippen LogP contribution in [0.5, 0.6) is 0 Å². The average Bonchev–Trinajstić information content (AvgIpc) is 3.31. The molecule has 5 rings (SSSR count). The van der Waals surface area contributed by atoms with Gasteiger partial charge in [-0.25, -0.2) is 8.42 Å². The van der Waals surface area contributed by atoms with E-state index in [9.17, 15) is 13.2 Å². The highest BCUT2D eigenvalue weighted by Gasteiger charge is 2.31. The Hall–Kier alpha value is -2.87. The molecule has 2 heterocycles. The molecule has 2 aliphatic heterocycles. The largest absolute Gasteiger partial charge is 0.336 e. The molecule has 0 aromatic heterocycles. The molecule has 0 saturated carbocycles. The number of anilines is 1. The van der Waals surface area contributed by atoms with Crippen molar-refractivity contribution >= 4 is 33.2 Å². The van der Waals surface area contributed by atoms with Gasteiger partial charge in [0.2, 0.25) is 0 Å². The fourth-order valence-electron chi connectivity index (χ4n) is 4.61. The summed E-state index contributed by atoms with van der Waals surface area (Å²) in [6, 6.07) is 21.8. The fraction of sp³-hybridized carbons (Fsp3) is 0.269. The van der Waals surface area contributed by atoms with E-state index in [0.717, 1.165) is 35.9 Å². The zero-order valence-electron chi connectivity index (χ0n) is 18.7. The number of carbonyl (C=O) groups is 1. The molecule has 1 saturated heterocycles. The summed E-state index contributed by atoms with van der Waals surface area (Å²) >= 11 is 5.97. The van der Waals surface area contributed by atoms with E-state index in [0.29, 0.717) is 31.6 Å². The Kier molecular flexibility index (Phi) is 6.34. The molecule has 1 amide bonds. The Morgan fingerprint density at radius 3 is 2.35 bits per heavy atom. The molecule has 0 spiro atoms. The van der Waals surface area contributed by atoms with Gasteiger partial charge in [0.15, 0.2) is 0 Å². The van der Waals surface area contributed by atoms with Crippen molar-refractivity contribution in [3.63, 3.8) is 0 Å². The average molecular weight is 496 g/mol. The molecular formula is C26H26ClN3O3S. The van der Waals surface area contributed by atoms with Gasteiger partial charge in [0.05, 0.1) is 10.6 Å². The van der Waals surface area contributed by atoms with Crippen LogP contribution in [0.3, 0.4) is 0 Å². The van der Waals surface area contributed by atoms with Gasteiger partial charge in [-0.1, -0.05) is 48.0 Å². The lowest BCUT2D eigenvalue weighted by Crippen LogP contribution is -2.48. The molecule has 0 aliphatic carbocycles. The van der Waals surface area contributed by atoms with Crippen molar-refractivity contribution in [2.45, 2.75) is 17.9 Å². The Labute approximate surface area is 205 Å². The van der Waals surface area contributed by atoms with E-state index in [1.165, 1.54) is 15.9 Å². The first-order chi connectivity index (χ1) is 16.4. The van der Waals surface area contributed by atoms with Gasteiger partial charge in [-0.2, -0.15) is 0 Å². The van der Waals surface area contributed by atoms with E-state index in [4.69, 9.17) is 11.6 Å². The molecule has 8 heteroatoms. The number of sulfonamides is 1. The summed E-state index contributed by atoms with van der Waals surface area (Å²) in [4.78, 5) is 17.4. The first-order valence-electron chi connectivity index (χ1n) is 11.4. The van der Waals surface area contributed by atoms with Gasteiger partial charge in [-0.3, -0.25) is 14.0 Å². The number of hydrogen-bond acceptors (Lipinski definition) is 4. The number of piperazine rings is 1. The summed E-state index contributed by atoms with van der Waals surface area (Å²) < 4.78 is 28.2. The maximum atomic E-state index is 13.4. The summed E-state index contributed by atoms with van der Waals surface area (Å²) in [6.07, 6.45) is 0.689. The SMILES string of the molecule is O=C(c1cccc(S(=O)(=O)N2CCc3ccccc32)c1)N1CCN(Cc2ccc(Cl)cc2)CC1. The lowest BCUT2D eigenvalue weighted by Gasteiger charge is -2.35. The Morgan fingerprint density at radius 2 is 1.59 bits per heavy atom. The Morgan fingerprint density at radius 1 is 0.853 bits per heavy atom. The molecule has 1 fully saturated rings. The first-order valence-corrected chi connectivity index (χ1v) is 13.2. The third kappa shape index (κ3) is 4.56. The van der Waals surface area contributed by atoms with Gasteiger partial charge in [0, 0.05) is 49.9 Å². The molecule has 2 aliphatic rings. The third-order valence-electron chi connectivity index (χ3n) is 6.49. The minimum Gasteiger partial charge on any atom is -0.336 e. The van der Waals surface area contributed by atoms with Crippen LogP contribution in [-0.4, -0.2) is 56.8 Å². The van der Waals surface area contributed by atoms with Crippen molar-refractivity contribution < 1.29 is 13.2 Å². The van der Waals surface area contributed by atoms with Crippen LogP contribution in [0.1, 0.15) is 21.5 Å². The molecule has 0 unspecified atom stereocenters. The molecule has 34 heavy (non-hydrogen) atoms. The van der Waals surface area contributed by atoms with Gasteiger partial charge in [0.1, 0.15) is 0 Å². The molecule has 0 bridgehead atoms. The van der Waals surface area contributed by atoms with E-state index in [-0.39, 0.29) is 10.8 Å². The number of hydrogen-bond donors (Lipinski definition) is 0. The number of rotatable bonds is 5. The molecule has 6 nitrogen and oxygen atoms in total. The monoisotopic (exact) mass is 495 g/mol. The molecular weight excluding hydrogens is 470 g/mol. The second kappa shape index (κ2) is 9.41. The van der Waals surface area contributed by atoms with Crippen molar-refractivity contribution in [3.05, 3.63) is 94.5 Å². The summed E-state index contributed by atoms with van der Waals surface area (Å²) in [5.74, 6) is -0.134. The highest BCUT2D eigenvalue weighted by molar-refractivity contribution is 7.92. The van der Waals surface area contributed by atoms with Crippen molar-refractivity contribution in [1.82, 2.24) is 9.80 Å². The lowest BCUT2D eigenvalue weighted by atomic mass is 10.1. The maximum Gasteiger partial charge on any atom is 0.264 e. The zero-order chi connectivity index (χ0) is 23.7. The zero-order valence-corrected chi connectivity index (χ0v) is 20.3. The molecule has 3 aromatic rings. The Bertz CT molecular complexity index is 1300. The van der Waals surface area contributed by atoms with Crippen molar-refractivity contribution in [3.8, 4) is 0 Å². The summed E-state index contributed by atoms with van der Waals surface area (Å²) in [7, 11) is -3.74. The second-order valence-corrected chi connectivity index (χ2v) is 11.0. The van der Waals surface area contributed by atoms with Gasteiger partial charge >= 0.3 is 0 Å². The van der Waals surface area contributed by atoms with Crippen LogP contribution in [0.15, 0.2) is 77.7 Å². The first kappa shape index (κ1) is 22.9. The molecule has 176 valence electrons. The minimum absolute atomic E-state index is 0.134. The highest BCUT2D eigenvalue weighted by atomic mass is 35.5. The predicted molar refractivity (Wildman–Crippen MR) is 134 cm³/mol. The van der Waals surface area contributed by atoms with Gasteiger partial charge in [-0.05, 0) is 53.9 Å². The van der Waals surface area contributed by atoms with Crippen LogP contribution in [0.4, 0.5) is 5.69 Å². The van der Waals surface area contributed by atoms with E-state index in [1.807, 2.05) is 48.5 Å². The molecule has 0 N–H and O–H groups in total. The standard InChI is InChI=1S/C26H26ClN3O3S/c27-23-10-8-20(9-11-23)19-28-14-16-29(17-15-28)26(31)22-5-3-6-24(18-22)34(32,33)30-13-12-21-4-1-2-7-25(21)30/h1-11,18H,12-17,19H2.